The molecule has 2 N–H and O–H groups in total. The van der Waals surface area contributed by atoms with Crippen LogP contribution >= 0.6 is 11.8 Å². The van der Waals surface area contributed by atoms with Gasteiger partial charge in [0.1, 0.15) is 6.54 Å². The van der Waals surface area contributed by atoms with Crippen LogP contribution < -0.4 is 5.32 Å². The average Bonchev–Trinajstić information content (AvgIpc) is 2.42. The molecule has 0 bridgehead atoms. The van der Waals surface area contributed by atoms with Gasteiger partial charge in [0.2, 0.25) is 5.91 Å². The van der Waals surface area contributed by atoms with Crippen LogP contribution in [0.15, 0.2) is 47.4 Å². The summed E-state index contributed by atoms with van der Waals surface area (Å²) in [5.41, 5.74) is 0. The third kappa shape index (κ3) is 3.99. The lowest BCUT2D eigenvalue weighted by atomic mass is 10.1. The SMILES string of the molecule is O=C(O)CNC(=O)CSc1ccc2ccccc2c1. The van der Waals surface area contributed by atoms with Crippen molar-refractivity contribution >= 4 is 34.4 Å². The highest BCUT2D eigenvalue weighted by atomic mass is 32.2. The molecule has 0 unspecified atom stereocenters. The Labute approximate surface area is 114 Å². The van der Waals surface area contributed by atoms with E-state index in [2.05, 4.69) is 5.32 Å². The van der Waals surface area contributed by atoms with Crippen LogP contribution in [0.25, 0.3) is 10.8 Å². The highest BCUT2D eigenvalue weighted by Crippen LogP contribution is 2.23. The summed E-state index contributed by atoms with van der Waals surface area (Å²) in [7, 11) is 0. The number of fused-ring (bicyclic) bond motifs is 1. The maximum absolute atomic E-state index is 11.4. The second-order valence-electron chi connectivity index (χ2n) is 3.97. The number of benzene rings is 2. The first-order valence-electron chi connectivity index (χ1n) is 5.75. The van der Waals surface area contributed by atoms with Crippen molar-refractivity contribution in [3.63, 3.8) is 0 Å². The molecule has 0 fully saturated rings. The van der Waals surface area contributed by atoms with Gasteiger partial charge in [-0.3, -0.25) is 9.59 Å². The van der Waals surface area contributed by atoms with Crippen LogP contribution in [0.3, 0.4) is 0 Å². The number of carboxylic acid groups (broad SMARTS) is 1. The van der Waals surface area contributed by atoms with Crippen LogP contribution in [-0.4, -0.2) is 29.3 Å². The van der Waals surface area contributed by atoms with E-state index in [1.807, 2.05) is 42.5 Å². The first kappa shape index (κ1) is 13.4. The van der Waals surface area contributed by atoms with Gasteiger partial charge in [0.15, 0.2) is 0 Å². The minimum atomic E-state index is -1.04. The molecule has 0 heterocycles. The van der Waals surface area contributed by atoms with E-state index in [1.54, 1.807) is 0 Å². The van der Waals surface area contributed by atoms with Crippen molar-refractivity contribution in [3.8, 4) is 0 Å². The van der Waals surface area contributed by atoms with Crippen molar-refractivity contribution in [1.29, 1.82) is 0 Å². The maximum atomic E-state index is 11.4. The number of hydrogen-bond donors (Lipinski definition) is 2. The van der Waals surface area contributed by atoms with Crippen LogP contribution in [0.1, 0.15) is 0 Å². The van der Waals surface area contributed by atoms with Gasteiger partial charge in [-0.15, -0.1) is 11.8 Å². The molecular formula is C14H13NO3S. The number of aliphatic carboxylic acids is 1. The van der Waals surface area contributed by atoms with Crippen molar-refractivity contribution < 1.29 is 14.7 Å². The van der Waals surface area contributed by atoms with Gasteiger partial charge in [-0.25, -0.2) is 0 Å². The van der Waals surface area contributed by atoms with Crippen LogP contribution in [0.2, 0.25) is 0 Å². The fourth-order valence-corrected chi connectivity index (χ4v) is 2.41. The van der Waals surface area contributed by atoms with Crippen LogP contribution in [0, 0.1) is 0 Å². The summed E-state index contributed by atoms with van der Waals surface area (Å²) in [6.45, 7) is -0.336. The molecule has 5 heteroatoms. The fourth-order valence-electron chi connectivity index (χ4n) is 1.63. The normalized spacial score (nSPS) is 10.3. The molecule has 2 aromatic rings. The molecule has 2 rings (SSSR count). The molecule has 4 nitrogen and oxygen atoms in total. The first-order chi connectivity index (χ1) is 9.15. The Morgan fingerprint density at radius 2 is 1.84 bits per heavy atom. The summed E-state index contributed by atoms with van der Waals surface area (Å²) in [4.78, 5) is 22.7. The van der Waals surface area contributed by atoms with Crippen LogP contribution in [-0.2, 0) is 9.59 Å². The quantitative estimate of drug-likeness (QED) is 0.820. The van der Waals surface area contributed by atoms with E-state index in [1.165, 1.54) is 11.8 Å². The number of carbonyl (C=O) groups is 2. The molecule has 0 saturated heterocycles. The largest absolute Gasteiger partial charge is 0.480 e. The minimum Gasteiger partial charge on any atom is -0.480 e. The van der Waals surface area contributed by atoms with E-state index >= 15 is 0 Å². The Kier molecular flexibility index (Phi) is 4.41. The summed E-state index contributed by atoms with van der Waals surface area (Å²) in [5.74, 6) is -1.10. The molecule has 0 aliphatic rings. The predicted octanol–water partition coefficient (Wildman–Crippen LogP) is 2.13. The molecule has 0 spiro atoms. The number of carboxylic acids is 1. The lowest BCUT2D eigenvalue weighted by Crippen LogP contribution is -2.30. The van der Waals surface area contributed by atoms with Crippen molar-refractivity contribution in [3.05, 3.63) is 42.5 Å². The molecule has 2 aromatic carbocycles. The second-order valence-corrected chi connectivity index (χ2v) is 5.02. The fraction of sp³-hybridized carbons (Fsp3) is 0.143. The highest BCUT2D eigenvalue weighted by Gasteiger charge is 2.05. The van der Waals surface area contributed by atoms with Gasteiger partial charge in [-0.1, -0.05) is 30.3 Å². The van der Waals surface area contributed by atoms with E-state index in [0.29, 0.717) is 0 Å². The van der Waals surface area contributed by atoms with Crippen LogP contribution in [0.5, 0.6) is 0 Å². The summed E-state index contributed by atoms with van der Waals surface area (Å²) in [5, 5.41) is 13.1. The summed E-state index contributed by atoms with van der Waals surface area (Å²) in [6, 6.07) is 14.0. The maximum Gasteiger partial charge on any atom is 0.322 e. The number of carbonyl (C=O) groups excluding carboxylic acids is 1. The topological polar surface area (TPSA) is 66.4 Å². The van der Waals surface area contributed by atoms with E-state index in [0.717, 1.165) is 15.7 Å². The Balaban J connectivity index is 1.94. The molecule has 0 aliphatic carbocycles. The zero-order valence-corrected chi connectivity index (χ0v) is 10.9. The van der Waals surface area contributed by atoms with Gasteiger partial charge in [-0.05, 0) is 22.9 Å². The van der Waals surface area contributed by atoms with Crippen LogP contribution in [0.4, 0.5) is 0 Å². The molecule has 1 amide bonds. The monoisotopic (exact) mass is 275 g/mol. The molecule has 0 atom stereocenters. The number of rotatable bonds is 5. The minimum absolute atomic E-state index is 0.214. The van der Waals surface area contributed by atoms with Gasteiger partial charge in [0.05, 0.1) is 5.75 Å². The van der Waals surface area contributed by atoms with E-state index in [9.17, 15) is 9.59 Å². The van der Waals surface area contributed by atoms with E-state index in [-0.39, 0.29) is 18.2 Å². The van der Waals surface area contributed by atoms with Gasteiger partial charge < -0.3 is 10.4 Å². The van der Waals surface area contributed by atoms with Gasteiger partial charge in [-0.2, -0.15) is 0 Å². The second kappa shape index (κ2) is 6.24. The Morgan fingerprint density at radius 3 is 2.58 bits per heavy atom. The summed E-state index contributed by atoms with van der Waals surface area (Å²) >= 11 is 1.39. The molecule has 0 radical (unpaired) electrons. The van der Waals surface area contributed by atoms with Crippen molar-refractivity contribution in [2.45, 2.75) is 4.90 Å². The summed E-state index contributed by atoms with van der Waals surface area (Å²) in [6.07, 6.45) is 0. The Morgan fingerprint density at radius 1 is 1.11 bits per heavy atom. The smallest absolute Gasteiger partial charge is 0.322 e. The number of amides is 1. The molecule has 0 aromatic heterocycles. The Bertz CT molecular complexity index is 612. The molecule has 19 heavy (non-hydrogen) atoms. The van der Waals surface area contributed by atoms with Crippen molar-refractivity contribution in [1.82, 2.24) is 5.32 Å². The van der Waals surface area contributed by atoms with E-state index in [4.69, 9.17) is 5.11 Å². The number of thioether (sulfide) groups is 1. The zero-order valence-electron chi connectivity index (χ0n) is 10.1. The van der Waals surface area contributed by atoms with Gasteiger partial charge >= 0.3 is 5.97 Å². The standard InChI is InChI=1S/C14H13NO3S/c16-13(15-8-14(17)18)9-19-12-6-5-10-3-1-2-4-11(10)7-12/h1-7H,8-9H2,(H,15,16)(H,17,18). The zero-order chi connectivity index (χ0) is 13.7. The summed E-state index contributed by atoms with van der Waals surface area (Å²) < 4.78 is 0. The van der Waals surface area contributed by atoms with Gasteiger partial charge in [0.25, 0.3) is 0 Å². The molecular weight excluding hydrogens is 262 g/mol. The first-order valence-corrected chi connectivity index (χ1v) is 6.74. The van der Waals surface area contributed by atoms with Crippen molar-refractivity contribution in [2.24, 2.45) is 0 Å². The molecule has 0 saturated carbocycles. The highest BCUT2D eigenvalue weighted by molar-refractivity contribution is 8.00. The molecule has 98 valence electrons. The van der Waals surface area contributed by atoms with Gasteiger partial charge in [0, 0.05) is 4.90 Å². The lowest BCUT2D eigenvalue weighted by Gasteiger charge is -2.04. The lowest BCUT2D eigenvalue weighted by molar-refractivity contribution is -0.137. The van der Waals surface area contributed by atoms with Crippen molar-refractivity contribution in [2.75, 3.05) is 12.3 Å². The average molecular weight is 275 g/mol. The molecule has 0 aliphatic heterocycles. The third-order valence-electron chi connectivity index (χ3n) is 2.53. The number of nitrogens with one attached hydrogen (secondary N) is 1. The number of hydrogen-bond acceptors (Lipinski definition) is 3. The Hall–Kier alpha value is -2.01. The third-order valence-corrected chi connectivity index (χ3v) is 3.52. The van der Waals surface area contributed by atoms with E-state index < -0.39 is 5.97 Å². The predicted molar refractivity (Wildman–Crippen MR) is 75.3 cm³/mol.